The van der Waals surface area contributed by atoms with E-state index < -0.39 is 0 Å². The van der Waals surface area contributed by atoms with Gasteiger partial charge in [0.25, 0.3) is 0 Å². The van der Waals surface area contributed by atoms with Gasteiger partial charge in [-0.15, -0.1) is 18.6 Å². The molecule has 2 aromatic carbocycles. The third kappa shape index (κ3) is 11.4. The number of benzene rings is 2. The van der Waals surface area contributed by atoms with Crippen LogP contribution in [0.25, 0.3) is 0 Å². The van der Waals surface area contributed by atoms with Crippen molar-refractivity contribution >= 4 is 0 Å². The molecule has 8 heteroatoms. The molecule has 0 atom stereocenters. The van der Waals surface area contributed by atoms with E-state index in [-0.39, 0.29) is 229 Å². The summed E-state index contributed by atoms with van der Waals surface area (Å²) in [6, 6.07) is 16.1. The summed E-state index contributed by atoms with van der Waals surface area (Å²) in [5, 5.41) is 0. The second-order valence-corrected chi connectivity index (χ2v) is 3.32. The van der Waals surface area contributed by atoms with Crippen LogP contribution in [0.1, 0.15) is 11.1 Å². The molecule has 0 spiro atoms. The van der Waals surface area contributed by atoms with E-state index >= 15 is 0 Å². The van der Waals surface area contributed by atoms with E-state index in [0.717, 1.165) is 22.6 Å². The minimum Gasteiger partial charge on any atom is -0.527 e. The minimum atomic E-state index is 0. The van der Waals surface area contributed by atoms with E-state index in [0.29, 0.717) is 0 Å². The maximum Gasteiger partial charge on any atom is 0.0573 e. The smallest absolute Gasteiger partial charge is 0.0573 e. The fraction of sp³-hybridized carbons (Fsp3) is 0. The molecule has 2 aromatic rings. The molecule has 1 aliphatic rings. The first kappa shape index (κ1) is 37.6. The Balaban J connectivity index is -0.000000122. The predicted octanol–water partition coefficient (Wildman–Crippen LogP) is 3.38. The van der Waals surface area contributed by atoms with Crippen molar-refractivity contribution in [3.8, 4) is 11.5 Å². The molecule has 0 N–H and O–H groups in total. The van der Waals surface area contributed by atoms with Gasteiger partial charge in [0.15, 0.2) is 0 Å². The largest absolute Gasteiger partial charge is 0.527 e. The van der Waals surface area contributed by atoms with Gasteiger partial charge in [0.1, 0.15) is 0 Å². The van der Waals surface area contributed by atoms with Gasteiger partial charge in [-0.25, -0.2) is 0 Å². The van der Waals surface area contributed by atoms with Crippen LogP contribution in [-0.4, -0.2) is 0 Å². The molecule has 0 saturated carbocycles. The fourth-order valence-electron chi connectivity index (χ4n) is 1.67. The van der Waals surface area contributed by atoms with E-state index in [2.05, 4.69) is 18.6 Å². The SMILES string of the molecule is [Y].[Y].[Y].[Y].[Y].[Y].[Y].c1ccc2c(c1)[CH-]c1ccccc1O2. The molecular weight excluding hydrogens is 794 g/mol. The molecule has 1 aliphatic heterocycles. The quantitative estimate of drug-likeness (QED) is 0.318. The Morgan fingerprint density at radius 3 is 1.24 bits per heavy atom. The van der Waals surface area contributed by atoms with Crippen LogP contribution in [0.4, 0.5) is 0 Å². The number of hydrogen-bond donors (Lipinski definition) is 0. The van der Waals surface area contributed by atoms with E-state index in [1.54, 1.807) is 0 Å². The monoisotopic (exact) mass is 803 g/mol. The van der Waals surface area contributed by atoms with Crippen molar-refractivity contribution in [2.75, 3.05) is 0 Å². The average Bonchev–Trinajstić information content (AvgIpc) is 2.26. The van der Waals surface area contributed by atoms with Crippen molar-refractivity contribution in [2.45, 2.75) is 0 Å². The summed E-state index contributed by atoms with van der Waals surface area (Å²) in [4.78, 5) is 0. The molecule has 21 heavy (non-hydrogen) atoms. The molecular formula is C13H9OY7-. The Morgan fingerprint density at radius 1 is 0.524 bits per heavy atom. The molecule has 0 aromatic heterocycles. The molecule has 0 bridgehead atoms. The number of rotatable bonds is 0. The van der Waals surface area contributed by atoms with Crippen LogP contribution in [0.3, 0.4) is 0 Å². The van der Waals surface area contributed by atoms with Crippen molar-refractivity contribution < 1.29 is 234 Å². The van der Waals surface area contributed by atoms with Gasteiger partial charge in [-0.05, 0) is 0 Å². The van der Waals surface area contributed by atoms with Crippen LogP contribution < -0.4 is 4.74 Å². The third-order valence-corrected chi connectivity index (χ3v) is 2.37. The summed E-state index contributed by atoms with van der Waals surface area (Å²) in [7, 11) is 0. The van der Waals surface area contributed by atoms with Crippen LogP contribution in [-0.2, 0) is 229 Å². The molecule has 0 saturated heterocycles. The van der Waals surface area contributed by atoms with Crippen molar-refractivity contribution in [3.05, 3.63) is 66.1 Å². The fourth-order valence-corrected chi connectivity index (χ4v) is 1.67. The van der Waals surface area contributed by atoms with Crippen molar-refractivity contribution in [2.24, 2.45) is 0 Å². The second-order valence-electron chi connectivity index (χ2n) is 3.32. The second kappa shape index (κ2) is 20.6. The molecule has 7 radical (unpaired) electrons. The number of fused-ring (bicyclic) bond motifs is 2. The Kier molecular flexibility index (Phi) is 36.8. The first-order valence-corrected chi connectivity index (χ1v) is 4.64. The van der Waals surface area contributed by atoms with E-state index in [4.69, 9.17) is 4.74 Å². The normalized spacial score (nSPS) is 8.00. The van der Waals surface area contributed by atoms with Crippen LogP contribution in [0.15, 0.2) is 48.5 Å². The number of ether oxygens (including phenoxy) is 1. The molecule has 0 aliphatic carbocycles. The van der Waals surface area contributed by atoms with Gasteiger partial charge in [0, 0.05) is 229 Å². The van der Waals surface area contributed by atoms with Crippen LogP contribution in [0.2, 0.25) is 0 Å². The van der Waals surface area contributed by atoms with Crippen molar-refractivity contribution in [1.29, 1.82) is 0 Å². The zero-order valence-electron chi connectivity index (χ0n) is 11.6. The zero-order valence-corrected chi connectivity index (χ0v) is 31.5. The summed E-state index contributed by atoms with van der Waals surface area (Å²) in [5.74, 6) is 1.87. The Hall–Kier alpha value is 5.84. The summed E-state index contributed by atoms with van der Waals surface area (Å²) in [6.07, 6.45) is 2.15. The Morgan fingerprint density at radius 2 is 0.857 bits per heavy atom. The van der Waals surface area contributed by atoms with E-state index in [1.165, 1.54) is 0 Å². The first-order valence-electron chi connectivity index (χ1n) is 4.64. The summed E-state index contributed by atoms with van der Waals surface area (Å²) < 4.78 is 5.75. The maximum atomic E-state index is 5.75. The van der Waals surface area contributed by atoms with Crippen LogP contribution >= 0.6 is 0 Å². The minimum absolute atomic E-state index is 0. The number of para-hydroxylation sites is 2. The summed E-state index contributed by atoms with van der Waals surface area (Å²) in [5.41, 5.74) is 2.29. The Labute approximate surface area is 303 Å². The van der Waals surface area contributed by atoms with E-state index in [9.17, 15) is 0 Å². The molecule has 0 fully saturated rings. The van der Waals surface area contributed by atoms with Gasteiger partial charge < -0.3 is 4.74 Å². The van der Waals surface area contributed by atoms with Gasteiger partial charge in [0.2, 0.25) is 0 Å². The molecule has 0 unspecified atom stereocenters. The molecule has 3 rings (SSSR count). The molecule has 1 nitrogen and oxygen atoms in total. The topological polar surface area (TPSA) is 9.23 Å². The van der Waals surface area contributed by atoms with Gasteiger partial charge in [0.05, 0.1) is 11.5 Å². The Bertz CT molecular complexity index is 406. The van der Waals surface area contributed by atoms with Crippen molar-refractivity contribution in [1.82, 2.24) is 0 Å². The molecule has 0 amide bonds. The predicted molar refractivity (Wildman–Crippen MR) is 55.5 cm³/mol. The molecule has 1 heterocycles. The van der Waals surface area contributed by atoms with Gasteiger partial charge in [-0.2, -0.15) is 0 Å². The first-order chi connectivity index (χ1) is 6.93. The zero-order chi connectivity index (χ0) is 9.38. The van der Waals surface area contributed by atoms with Crippen LogP contribution in [0, 0.1) is 6.42 Å². The van der Waals surface area contributed by atoms with Gasteiger partial charge >= 0.3 is 0 Å². The number of hydrogen-bond acceptors (Lipinski definition) is 1. The maximum absolute atomic E-state index is 5.75. The van der Waals surface area contributed by atoms with Crippen molar-refractivity contribution in [3.63, 3.8) is 0 Å². The van der Waals surface area contributed by atoms with Crippen LogP contribution in [0.5, 0.6) is 11.5 Å². The standard InChI is InChI=1S/C13H9O.7Y/c1-3-7-12-10(5-1)9-11-6-2-4-8-13(11)14-12;;;;;;;/h1-9H;;;;;;;/q-1;;;;;;;. The molecule has 89 valence electrons. The van der Waals surface area contributed by atoms with Gasteiger partial charge in [-0.1, -0.05) is 47.5 Å². The van der Waals surface area contributed by atoms with Gasteiger partial charge in [-0.3, -0.25) is 0 Å². The summed E-state index contributed by atoms with van der Waals surface area (Å²) >= 11 is 0. The summed E-state index contributed by atoms with van der Waals surface area (Å²) in [6.45, 7) is 0. The van der Waals surface area contributed by atoms with E-state index in [1.807, 2.05) is 36.4 Å². The third-order valence-electron chi connectivity index (χ3n) is 2.37. The average molecular weight is 804 g/mol.